The molecule has 114 valence electrons. The smallest absolute Gasteiger partial charge is 0.329 e. The Labute approximate surface area is 119 Å². The number of urea groups is 1. The van der Waals surface area contributed by atoms with E-state index in [1.807, 2.05) is 0 Å². The summed E-state index contributed by atoms with van der Waals surface area (Å²) in [5.74, 6) is -0.949. The third-order valence-electron chi connectivity index (χ3n) is 3.47. The van der Waals surface area contributed by atoms with Crippen LogP contribution in [0.25, 0.3) is 0 Å². The fourth-order valence-corrected chi connectivity index (χ4v) is 2.31. The molecule has 0 saturated heterocycles. The zero-order valence-corrected chi connectivity index (χ0v) is 11.8. The van der Waals surface area contributed by atoms with Crippen molar-refractivity contribution in [2.45, 2.75) is 44.1 Å². The molecule has 0 aromatic rings. The second-order valence-corrected chi connectivity index (χ2v) is 5.02. The standard InChI is InChI=1S/C14H24N2O4/c1-2-3-10-20-11-9-15-13(19)16-14(12(17)18)7-5-4-6-8-14/h2H,1,3-11H2,(H,17,18)(H2,15,16,19). The molecule has 1 fully saturated rings. The van der Waals surface area contributed by atoms with Gasteiger partial charge in [-0.1, -0.05) is 25.3 Å². The molecule has 0 aromatic carbocycles. The van der Waals surface area contributed by atoms with Gasteiger partial charge in [0, 0.05) is 6.54 Å². The Balaban J connectivity index is 2.28. The van der Waals surface area contributed by atoms with Crippen LogP contribution in [0, 0.1) is 0 Å². The second-order valence-electron chi connectivity index (χ2n) is 5.02. The molecule has 0 radical (unpaired) electrons. The number of amides is 2. The molecule has 0 atom stereocenters. The van der Waals surface area contributed by atoms with Crippen LogP contribution in [0.2, 0.25) is 0 Å². The van der Waals surface area contributed by atoms with Gasteiger partial charge >= 0.3 is 12.0 Å². The van der Waals surface area contributed by atoms with Gasteiger partial charge in [0.1, 0.15) is 5.54 Å². The van der Waals surface area contributed by atoms with E-state index in [-0.39, 0.29) is 0 Å². The van der Waals surface area contributed by atoms with Crippen LogP contribution in [0.4, 0.5) is 4.79 Å². The predicted octanol–water partition coefficient (Wildman–Crippen LogP) is 1.67. The van der Waals surface area contributed by atoms with Crippen molar-refractivity contribution >= 4 is 12.0 Å². The topological polar surface area (TPSA) is 87.7 Å². The first kappa shape index (κ1) is 16.5. The lowest BCUT2D eigenvalue weighted by molar-refractivity contribution is -0.145. The Hall–Kier alpha value is -1.56. The summed E-state index contributed by atoms with van der Waals surface area (Å²) in [6.45, 7) is 4.92. The molecular weight excluding hydrogens is 260 g/mol. The number of carbonyl (C=O) groups excluding carboxylic acids is 1. The minimum absolute atomic E-state index is 0.360. The maximum Gasteiger partial charge on any atom is 0.329 e. The molecule has 1 rings (SSSR count). The summed E-state index contributed by atoms with van der Waals surface area (Å²) in [4.78, 5) is 23.1. The van der Waals surface area contributed by atoms with Crippen molar-refractivity contribution < 1.29 is 19.4 Å². The van der Waals surface area contributed by atoms with Crippen molar-refractivity contribution in [3.05, 3.63) is 12.7 Å². The first-order valence-electron chi connectivity index (χ1n) is 7.09. The SMILES string of the molecule is C=CCCOCCNC(=O)NC1(C(=O)O)CCCCC1. The molecule has 1 aliphatic carbocycles. The highest BCUT2D eigenvalue weighted by Gasteiger charge is 2.40. The largest absolute Gasteiger partial charge is 0.480 e. The molecule has 0 spiro atoms. The van der Waals surface area contributed by atoms with Gasteiger partial charge in [0.05, 0.1) is 13.2 Å². The molecule has 1 aliphatic rings. The molecule has 0 heterocycles. The summed E-state index contributed by atoms with van der Waals surface area (Å²) >= 11 is 0. The van der Waals surface area contributed by atoms with Crippen molar-refractivity contribution in [3.63, 3.8) is 0 Å². The van der Waals surface area contributed by atoms with Gasteiger partial charge in [0.15, 0.2) is 0 Å². The van der Waals surface area contributed by atoms with E-state index in [2.05, 4.69) is 17.2 Å². The van der Waals surface area contributed by atoms with Crippen LogP contribution < -0.4 is 10.6 Å². The molecule has 0 unspecified atom stereocenters. The summed E-state index contributed by atoms with van der Waals surface area (Å²) < 4.78 is 5.26. The first-order valence-corrected chi connectivity index (χ1v) is 7.09. The summed E-state index contributed by atoms with van der Waals surface area (Å²) in [6, 6.07) is -0.443. The molecule has 3 N–H and O–H groups in total. The fraction of sp³-hybridized carbons (Fsp3) is 0.714. The molecule has 6 nitrogen and oxygen atoms in total. The van der Waals surface area contributed by atoms with E-state index in [4.69, 9.17) is 4.74 Å². The zero-order valence-electron chi connectivity index (χ0n) is 11.8. The number of hydrogen-bond donors (Lipinski definition) is 3. The van der Waals surface area contributed by atoms with Gasteiger partial charge < -0.3 is 20.5 Å². The number of nitrogens with one attached hydrogen (secondary N) is 2. The number of carboxylic acid groups (broad SMARTS) is 1. The Morgan fingerprint density at radius 1 is 1.25 bits per heavy atom. The van der Waals surface area contributed by atoms with Gasteiger partial charge in [-0.15, -0.1) is 6.58 Å². The number of ether oxygens (including phenoxy) is 1. The van der Waals surface area contributed by atoms with Gasteiger partial charge in [-0.05, 0) is 19.3 Å². The molecule has 2 amide bonds. The minimum atomic E-state index is -1.11. The van der Waals surface area contributed by atoms with E-state index in [0.29, 0.717) is 32.6 Å². The number of carbonyl (C=O) groups is 2. The Morgan fingerprint density at radius 3 is 2.55 bits per heavy atom. The fourth-order valence-electron chi connectivity index (χ4n) is 2.31. The van der Waals surface area contributed by atoms with Gasteiger partial charge in [-0.3, -0.25) is 0 Å². The van der Waals surface area contributed by atoms with Crippen LogP contribution in [0.5, 0.6) is 0 Å². The summed E-state index contributed by atoms with van der Waals surface area (Å²) in [6.07, 6.45) is 6.20. The lowest BCUT2D eigenvalue weighted by atomic mass is 9.82. The van der Waals surface area contributed by atoms with E-state index < -0.39 is 17.5 Å². The summed E-state index contributed by atoms with van der Waals surface area (Å²) in [7, 11) is 0. The molecule has 0 bridgehead atoms. The van der Waals surface area contributed by atoms with Crippen LogP contribution in [-0.2, 0) is 9.53 Å². The molecule has 0 aliphatic heterocycles. The van der Waals surface area contributed by atoms with E-state index >= 15 is 0 Å². The van der Waals surface area contributed by atoms with Gasteiger partial charge in [-0.2, -0.15) is 0 Å². The number of carboxylic acids is 1. The minimum Gasteiger partial charge on any atom is -0.480 e. The molecule has 0 aromatic heterocycles. The lowest BCUT2D eigenvalue weighted by Crippen LogP contribution is -2.58. The Kier molecular flexibility index (Phi) is 7.08. The second kappa shape index (κ2) is 8.58. The van der Waals surface area contributed by atoms with Crippen molar-refractivity contribution in [1.29, 1.82) is 0 Å². The van der Waals surface area contributed by atoms with Crippen LogP contribution in [0.1, 0.15) is 38.5 Å². The number of rotatable bonds is 8. The van der Waals surface area contributed by atoms with E-state index in [1.54, 1.807) is 6.08 Å². The van der Waals surface area contributed by atoms with Crippen LogP contribution in [-0.4, -0.2) is 42.4 Å². The molecule has 1 saturated carbocycles. The van der Waals surface area contributed by atoms with Crippen molar-refractivity contribution in [1.82, 2.24) is 10.6 Å². The van der Waals surface area contributed by atoms with Gasteiger partial charge in [-0.25, -0.2) is 9.59 Å². The third kappa shape index (κ3) is 5.21. The molecule has 20 heavy (non-hydrogen) atoms. The normalized spacial score (nSPS) is 17.2. The monoisotopic (exact) mass is 284 g/mol. The van der Waals surface area contributed by atoms with Crippen molar-refractivity contribution in [3.8, 4) is 0 Å². The van der Waals surface area contributed by atoms with E-state index in [0.717, 1.165) is 25.7 Å². The van der Waals surface area contributed by atoms with Gasteiger partial charge in [0.2, 0.25) is 0 Å². The van der Waals surface area contributed by atoms with Gasteiger partial charge in [0.25, 0.3) is 0 Å². The first-order chi connectivity index (χ1) is 9.60. The molecular formula is C14H24N2O4. The molecule has 6 heteroatoms. The lowest BCUT2D eigenvalue weighted by Gasteiger charge is -2.33. The van der Waals surface area contributed by atoms with Crippen LogP contribution in [0.3, 0.4) is 0 Å². The number of hydrogen-bond acceptors (Lipinski definition) is 3. The Bertz CT molecular complexity index is 338. The van der Waals surface area contributed by atoms with Crippen molar-refractivity contribution in [2.24, 2.45) is 0 Å². The average Bonchev–Trinajstić information content (AvgIpc) is 2.43. The number of aliphatic carboxylic acids is 1. The summed E-state index contributed by atoms with van der Waals surface area (Å²) in [5, 5.41) is 14.6. The maximum atomic E-state index is 11.8. The van der Waals surface area contributed by atoms with E-state index in [9.17, 15) is 14.7 Å². The quantitative estimate of drug-likeness (QED) is 0.467. The third-order valence-corrected chi connectivity index (χ3v) is 3.47. The summed E-state index contributed by atoms with van der Waals surface area (Å²) in [5.41, 5.74) is -1.11. The van der Waals surface area contributed by atoms with E-state index in [1.165, 1.54) is 0 Å². The van der Waals surface area contributed by atoms with Crippen LogP contribution in [0.15, 0.2) is 12.7 Å². The predicted molar refractivity (Wildman–Crippen MR) is 75.6 cm³/mol. The highest BCUT2D eigenvalue weighted by molar-refractivity contribution is 5.86. The maximum absolute atomic E-state index is 11.8. The highest BCUT2D eigenvalue weighted by Crippen LogP contribution is 2.28. The highest BCUT2D eigenvalue weighted by atomic mass is 16.5. The average molecular weight is 284 g/mol. The zero-order chi connectivity index (χ0) is 14.8. The Morgan fingerprint density at radius 2 is 1.95 bits per heavy atom. The van der Waals surface area contributed by atoms with Crippen LogP contribution >= 0.6 is 0 Å². The van der Waals surface area contributed by atoms with Crippen molar-refractivity contribution in [2.75, 3.05) is 19.8 Å².